The SMILES string of the molecule is C#CC1=C(/C=C\C)C(=O)N(CCCCC(CO)NCCNC(=O)OC(C)(C)C)C1=O. The van der Waals surface area contributed by atoms with Crippen molar-refractivity contribution in [1.29, 1.82) is 0 Å². The minimum atomic E-state index is -0.548. The van der Waals surface area contributed by atoms with Crippen LogP contribution in [-0.4, -0.2) is 65.8 Å². The molecule has 3 N–H and O–H groups in total. The Morgan fingerprint density at radius 2 is 1.97 bits per heavy atom. The Morgan fingerprint density at radius 1 is 1.27 bits per heavy atom. The van der Waals surface area contributed by atoms with E-state index in [0.29, 0.717) is 32.4 Å². The predicted octanol–water partition coefficient (Wildman–Crippen LogP) is 1.51. The maximum atomic E-state index is 12.4. The third-order valence-corrected chi connectivity index (χ3v) is 4.31. The number of carbonyl (C=O) groups is 3. The van der Waals surface area contributed by atoms with E-state index < -0.39 is 17.6 Å². The van der Waals surface area contributed by atoms with Crippen molar-refractivity contribution in [2.75, 3.05) is 26.2 Å². The first-order valence-electron chi connectivity index (χ1n) is 10.2. The Kier molecular flexibility index (Phi) is 10.3. The van der Waals surface area contributed by atoms with E-state index in [1.165, 1.54) is 4.90 Å². The van der Waals surface area contributed by atoms with Gasteiger partial charge in [0.2, 0.25) is 0 Å². The molecule has 166 valence electrons. The van der Waals surface area contributed by atoms with Gasteiger partial charge in [0.05, 0.1) is 12.2 Å². The minimum absolute atomic E-state index is 0.0533. The quantitative estimate of drug-likeness (QED) is 0.266. The lowest BCUT2D eigenvalue weighted by Gasteiger charge is -2.20. The maximum absolute atomic E-state index is 12.4. The molecule has 8 nitrogen and oxygen atoms in total. The number of hydrogen-bond acceptors (Lipinski definition) is 6. The van der Waals surface area contributed by atoms with Crippen molar-refractivity contribution < 1.29 is 24.2 Å². The summed E-state index contributed by atoms with van der Waals surface area (Å²) in [6.07, 6.45) is 10.1. The molecule has 0 fully saturated rings. The standard InChI is InChI=1S/C22H33N3O5/c1-6-10-18-17(7-2)19(27)25(20(18)28)14-9-8-11-16(15-26)23-12-13-24-21(29)30-22(3,4)5/h2,6,10,16,23,26H,8-9,11-15H2,1,3-5H3,(H,24,29)/b10-6-. The monoisotopic (exact) mass is 419 g/mol. The van der Waals surface area contributed by atoms with Crippen molar-refractivity contribution in [3.8, 4) is 12.3 Å². The third kappa shape index (κ3) is 8.01. The summed E-state index contributed by atoms with van der Waals surface area (Å²) in [5, 5.41) is 15.3. The predicted molar refractivity (Wildman–Crippen MR) is 114 cm³/mol. The highest BCUT2D eigenvalue weighted by atomic mass is 16.6. The number of allylic oxidation sites excluding steroid dienone is 1. The number of nitrogens with one attached hydrogen (secondary N) is 2. The molecule has 0 aromatic rings. The average Bonchev–Trinajstić information content (AvgIpc) is 2.89. The van der Waals surface area contributed by atoms with Gasteiger partial charge in [-0.25, -0.2) is 4.79 Å². The Balaban J connectivity index is 2.33. The molecule has 0 spiro atoms. The van der Waals surface area contributed by atoms with E-state index in [1.807, 2.05) is 0 Å². The fraction of sp³-hybridized carbons (Fsp3) is 0.591. The molecule has 0 aliphatic carbocycles. The topological polar surface area (TPSA) is 108 Å². The molecule has 30 heavy (non-hydrogen) atoms. The van der Waals surface area contributed by atoms with Crippen LogP contribution in [0.4, 0.5) is 4.79 Å². The number of aliphatic hydroxyl groups excluding tert-OH is 1. The van der Waals surface area contributed by atoms with E-state index in [1.54, 1.807) is 39.8 Å². The molecule has 0 aromatic carbocycles. The third-order valence-electron chi connectivity index (χ3n) is 4.31. The second-order valence-electron chi connectivity index (χ2n) is 7.95. The lowest BCUT2D eigenvalue weighted by atomic mass is 10.1. The summed E-state index contributed by atoms with van der Waals surface area (Å²) in [4.78, 5) is 37.4. The van der Waals surface area contributed by atoms with E-state index in [2.05, 4.69) is 16.6 Å². The first-order valence-corrected chi connectivity index (χ1v) is 10.2. The molecule has 1 unspecified atom stereocenters. The molecule has 0 aromatic heterocycles. The number of ether oxygens (including phenoxy) is 1. The fourth-order valence-corrected chi connectivity index (χ4v) is 2.93. The van der Waals surface area contributed by atoms with E-state index in [0.717, 1.165) is 0 Å². The van der Waals surface area contributed by atoms with Crippen LogP contribution >= 0.6 is 0 Å². The van der Waals surface area contributed by atoms with Crippen LogP contribution in [0.3, 0.4) is 0 Å². The summed E-state index contributed by atoms with van der Waals surface area (Å²) in [7, 11) is 0. The van der Waals surface area contributed by atoms with Gasteiger partial charge in [0.15, 0.2) is 0 Å². The van der Waals surface area contributed by atoms with Gasteiger partial charge in [-0.05, 0) is 40.5 Å². The highest BCUT2D eigenvalue weighted by molar-refractivity contribution is 6.22. The summed E-state index contributed by atoms with van der Waals surface area (Å²) >= 11 is 0. The number of carbonyl (C=O) groups excluding carboxylic acids is 3. The summed E-state index contributed by atoms with van der Waals surface area (Å²) < 4.78 is 5.15. The van der Waals surface area contributed by atoms with Gasteiger partial charge in [-0.3, -0.25) is 14.5 Å². The number of unbranched alkanes of at least 4 members (excludes halogenated alkanes) is 1. The Labute approximate surface area is 178 Å². The van der Waals surface area contributed by atoms with Crippen LogP contribution < -0.4 is 10.6 Å². The molecule has 0 bridgehead atoms. The van der Waals surface area contributed by atoms with E-state index in [4.69, 9.17) is 11.2 Å². The molecule has 3 amide bonds. The maximum Gasteiger partial charge on any atom is 0.407 e. The number of rotatable bonds is 11. The number of hydrogen-bond donors (Lipinski definition) is 3. The molecule has 8 heteroatoms. The zero-order valence-corrected chi connectivity index (χ0v) is 18.3. The van der Waals surface area contributed by atoms with Crippen molar-refractivity contribution in [1.82, 2.24) is 15.5 Å². The van der Waals surface area contributed by atoms with Crippen molar-refractivity contribution >= 4 is 17.9 Å². The van der Waals surface area contributed by atoms with Gasteiger partial charge in [-0.1, -0.05) is 24.5 Å². The average molecular weight is 420 g/mol. The molecular formula is C22H33N3O5. The molecule has 0 saturated heterocycles. The van der Waals surface area contributed by atoms with Gasteiger partial charge >= 0.3 is 6.09 Å². The highest BCUT2D eigenvalue weighted by Crippen LogP contribution is 2.22. The van der Waals surface area contributed by atoms with Crippen molar-refractivity contribution in [3.63, 3.8) is 0 Å². The van der Waals surface area contributed by atoms with Gasteiger partial charge in [0.25, 0.3) is 11.8 Å². The summed E-state index contributed by atoms with van der Waals surface area (Å²) in [6.45, 7) is 8.21. The lowest BCUT2D eigenvalue weighted by molar-refractivity contribution is -0.137. The molecule has 1 heterocycles. The number of alkyl carbamates (subject to hydrolysis) is 1. The van der Waals surface area contributed by atoms with Crippen LogP contribution in [0.25, 0.3) is 0 Å². The molecule has 0 saturated carbocycles. The second-order valence-corrected chi connectivity index (χ2v) is 7.95. The van der Waals surface area contributed by atoms with Crippen LogP contribution in [0.1, 0.15) is 47.0 Å². The van der Waals surface area contributed by atoms with E-state index in [-0.39, 0.29) is 36.2 Å². The molecular weight excluding hydrogens is 386 g/mol. The molecule has 1 rings (SSSR count). The number of aliphatic hydroxyl groups is 1. The molecule has 1 atom stereocenters. The lowest BCUT2D eigenvalue weighted by Crippen LogP contribution is -2.40. The number of imide groups is 1. The first-order chi connectivity index (χ1) is 14.1. The summed E-state index contributed by atoms with van der Waals surface area (Å²) in [6, 6.07) is -0.145. The zero-order chi connectivity index (χ0) is 22.7. The van der Waals surface area contributed by atoms with Gasteiger partial charge in [0, 0.05) is 25.7 Å². The zero-order valence-electron chi connectivity index (χ0n) is 18.3. The van der Waals surface area contributed by atoms with Crippen LogP contribution in [-0.2, 0) is 14.3 Å². The molecule has 1 aliphatic rings. The minimum Gasteiger partial charge on any atom is -0.444 e. The molecule has 1 aliphatic heterocycles. The Morgan fingerprint density at radius 3 is 2.53 bits per heavy atom. The van der Waals surface area contributed by atoms with E-state index >= 15 is 0 Å². The fourth-order valence-electron chi connectivity index (χ4n) is 2.93. The van der Waals surface area contributed by atoms with Gasteiger partial charge in [0.1, 0.15) is 11.2 Å². The van der Waals surface area contributed by atoms with E-state index in [9.17, 15) is 19.5 Å². The van der Waals surface area contributed by atoms with Crippen molar-refractivity contribution in [2.45, 2.75) is 58.6 Å². The van der Waals surface area contributed by atoms with Crippen molar-refractivity contribution in [3.05, 3.63) is 23.3 Å². The van der Waals surface area contributed by atoms with Gasteiger partial charge in [-0.15, -0.1) is 6.42 Å². The highest BCUT2D eigenvalue weighted by Gasteiger charge is 2.35. The normalized spacial score (nSPS) is 15.7. The largest absolute Gasteiger partial charge is 0.444 e. The number of terminal acetylenes is 1. The Bertz CT molecular complexity index is 728. The first kappa shape index (κ1) is 25.4. The summed E-state index contributed by atoms with van der Waals surface area (Å²) in [5.41, 5.74) is -0.184. The van der Waals surface area contributed by atoms with Crippen molar-refractivity contribution in [2.24, 2.45) is 0 Å². The molecule has 0 radical (unpaired) electrons. The van der Waals surface area contributed by atoms with Crippen LogP contribution in [0.15, 0.2) is 23.3 Å². The Hall–Kier alpha value is -2.63. The summed E-state index contributed by atoms with van der Waals surface area (Å²) in [5.74, 6) is 1.52. The smallest absolute Gasteiger partial charge is 0.407 e. The number of nitrogens with zero attached hydrogens (tertiary/aromatic N) is 1. The number of amides is 3. The van der Waals surface area contributed by atoms with Gasteiger partial charge in [-0.2, -0.15) is 0 Å². The van der Waals surface area contributed by atoms with Crippen LogP contribution in [0.5, 0.6) is 0 Å². The van der Waals surface area contributed by atoms with Crippen LogP contribution in [0, 0.1) is 12.3 Å². The van der Waals surface area contributed by atoms with Gasteiger partial charge < -0.3 is 20.5 Å². The van der Waals surface area contributed by atoms with Crippen LogP contribution in [0.2, 0.25) is 0 Å². The second kappa shape index (κ2) is 12.2.